The molecule has 3 heterocycles. The number of piperidine rings is 1. The number of rotatable bonds is 4. The normalized spacial score (nSPS) is 19.9. The molecule has 1 fully saturated rings. The Labute approximate surface area is 166 Å². The summed E-state index contributed by atoms with van der Waals surface area (Å²) in [6.07, 6.45) is 5.05. The van der Waals surface area contributed by atoms with Crippen LogP contribution in [0.25, 0.3) is 0 Å². The topological polar surface area (TPSA) is 58.6 Å². The summed E-state index contributed by atoms with van der Waals surface area (Å²) >= 11 is 0. The van der Waals surface area contributed by atoms with Crippen molar-refractivity contribution in [2.24, 2.45) is 0 Å². The molecule has 4 rings (SSSR count). The quantitative estimate of drug-likeness (QED) is 0.816. The smallest absolute Gasteiger partial charge is 0.219 e. The number of amides is 1. The van der Waals surface area contributed by atoms with Crippen LogP contribution in [-0.2, 0) is 24.3 Å². The van der Waals surface area contributed by atoms with Crippen LogP contribution in [0.2, 0.25) is 0 Å². The van der Waals surface area contributed by atoms with Gasteiger partial charge in [-0.3, -0.25) is 9.69 Å². The van der Waals surface area contributed by atoms with E-state index in [0.29, 0.717) is 12.5 Å². The third-order valence-electron chi connectivity index (χ3n) is 5.81. The molecule has 0 N–H and O–H groups in total. The highest BCUT2D eigenvalue weighted by molar-refractivity contribution is 5.73. The molecule has 6 heteroatoms. The molecule has 0 bridgehead atoms. The van der Waals surface area contributed by atoms with Crippen LogP contribution in [0.15, 0.2) is 30.5 Å². The Morgan fingerprint density at radius 2 is 2.21 bits per heavy atom. The summed E-state index contributed by atoms with van der Waals surface area (Å²) in [5.41, 5.74) is 3.48. The molecule has 1 atom stereocenters. The van der Waals surface area contributed by atoms with Crippen LogP contribution in [0.3, 0.4) is 0 Å². The molecule has 1 amide bonds. The number of hydrogen-bond acceptors (Lipinski definition) is 5. The highest BCUT2D eigenvalue weighted by Gasteiger charge is 2.26. The molecule has 0 aliphatic carbocycles. The largest absolute Gasteiger partial charge is 0.497 e. The first-order valence-corrected chi connectivity index (χ1v) is 10.1. The molecule has 2 aliphatic heterocycles. The van der Waals surface area contributed by atoms with Crippen molar-refractivity contribution in [1.82, 2.24) is 19.8 Å². The number of methoxy groups -OCH3 is 1. The maximum atomic E-state index is 11.6. The summed E-state index contributed by atoms with van der Waals surface area (Å²) in [5.74, 6) is 2.36. The molecule has 0 spiro atoms. The van der Waals surface area contributed by atoms with Gasteiger partial charge < -0.3 is 9.64 Å². The Kier molecular flexibility index (Phi) is 5.57. The maximum absolute atomic E-state index is 11.6. The maximum Gasteiger partial charge on any atom is 0.219 e. The molecule has 1 saturated heterocycles. The Bertz CT molecular complexity index is 854. The molecule has 2 aromatic rings. The Morgan fingerprint density at radius 1 is 1.32 bits per heavy atom. The lowest BCUT2D eigenvalue weighted by molar-refractivity contribution is -0.129. The number of hydrogen-bond donors (Lipinski definition) is 0. The SMILES string of the molecule is COc1cccc(CN2CCCC(c3ncc4c(n3)CCN(C(C)=O)C4)C2)c1. The van der Waals surface area contributed by atoms with Gasteiger partial charge in [-0.15, -0.1) is 0 Å². The number of fused-ring (bicyclic) bond motifs is 1. The summed E-state index contributed by atoms with van der Waals surface area (Å²) < 4.78 is 5.35. The van der Waals surface area contributed by atoms with E-state index in [1.165, 1.54) is 5.56 Å². The second-order valence-electron chi connectivity index (χ2n) is 7.82. The minimum absolute atomic E-state index is 0.121. The molecular formula is C22H28N4O2. The number of ether oxygens (including phenoxy) is 1. The standard InChI is InChI=1S/C22H28N4O2/c1-16(27)26-10-8-21-19(15-26)12-23-22(24-21)18-6-4-9-25(14-18)13-17-5-3-7-20(11-17)28-2/h3,5,7,11-12,18H,4,6,8-10,13-15H2,1-2H3. The number of benzene rings is 1. The van der Waals surface area contributed by atoms with Crippen molar-refractivity contribution in [3.05, 3.63) is 53.1 Å². The van der Waals surface area contributed by atoms with E-state index in [2.05, 4.69) is 22.0 Å². The molecular weight excluding hydrogens is 352 g/mol. The summed E-state index contributed by atoms with van der Waals surface area (Å²) in [6, 6.07) is 8.30. The molecule has 0 saturated carbocycles. The fourth-order valence-corrected chi connectivity index (χ4v) is 4.24. The third kappa shape index (κ3) is 4.17. The van der Waals surface area contributed by atoms with Crippen molar-refractivity contribution in [2.45, 2.75) is 45.2 Å². The van der Waals surface area contributed by atoms with Gasteiger partial charge in [0.15, 0.2) is 0 Å². The van der Waals surface area contributed by atoms with Crippen molar-refractivity contribution in [3.8, 4) is 5.75 Å². The van der Waals surface area contributed by atoms with Gasteiger partial charge in [0.25, 0.3) is 0 Å². The van der Waals surface area contributed by atoms with Crippen LogP contribution in [-0.4, -0.2) is 52.4 Å². The van der Waals surface area contributed by atoms with Gasteiger partial charge in [-0.1, -0.05) is 12.1 Å². The molecule has 1 unspecified atom stereocenters. The summed E-state index contributed by atoms with van der Waals surface area (Å²) in [6.45, 7) is 6.02. The predicted molar refractivity (Wildman–Crippen MR) is 107 cm³/mol. The zero-order valence-corrected chi connectivity index (χ0v) is 16.7. The third-order valence-corrected chi connectivity index (χ3v) is 5.81. The van der Waals surface area contributed by atoms with E-state index in [4.69, 9.17) is 9.72 Å². The molecule has 1 aromatic carbocycles. The fourth-order valence-electron chi connectivity index (χ4n) is 4.24. The van der Waals surface area contributed by atoms with E-state index < -0.39 is 0 Å². The van der Waals surface area contributed by atoms with Gasteiger partial charge in [0.2, 0.25) is 5.91 Å². The van der Waals surface area contributed by atoms with Crippen molar-refractivity contribution in [2.75, 3.05) is 26.7 Å². The van der Waals surface area contributed by atoms with Crippen LogP contribution in [0.5, 0.6) is 5.75 Å². The van der Waals surface area contributed by atoms with Crippen LogP contribution < -0.4 is 4.74 Å². The highest BCUT2D eigenvalue weighted by Crippen LogP contribution is 2.27. The first kappa shape index (κ1) is 18.9. The number of carbonyl (C=O) groups is 1. The minimum Gasteiger partial charge on any atom is -0.497 e. The molecule has 6 nitrogen and oxygen atoms in total. The number of aromatic nitrogens is 2. The number of likely N-dealkylation sites (tertiary alicyclic amines) is 1. The predicted octanol–water partition coefficient (Wildman–Crippen LogP) is 2.77. The van der Waals surface area contributed by atoms with Crippen LogP contribution in [0.4, 0.5) is 0 Å². The van der Waals surface area contributed by atoms with Gasteiger partial charge in [-0.2, -0.15) is 0 Å². The summed E-state index contributed by atoms with van der Waals surface area (Å²) in [4.78, 5) is 25.6. The fraction of sp³-hybridized carbons (Fsp3) is 0.500. The second kappa shape index (κ2) is 8.27. The second-order valence-corrected chi connectivity index (χ2v) is 7.82. The highest BCUT2D eigenvalue weighted by atomic mass is 16.5. The number of nitrogens with zero attached hydrogens (tertiary/aromatic N) is 4. The van der Waals surface area contributed by atoms with Gasteiger partial charge >= 0.3 is 0 Å². The summed E-state index contributed by atoms with van der Waals surface area (Å²) in [5, 5.41) is 0. The van der Waals surface area contributed by atoms with E-state index >= 15 is 0 Å². The molecule has 148 valence electrons. The van der Waals surface area contributed by atoms with E-state index in [0.717, 1.165) is 68.3 Å². The molecule has 28 heavy (non-hydrogen) atoms. The monoisotopic (exact) mass is 380 g/mol. The van der Waals surface area contributed by atoms with Crippen LogP contribution in [0, 0.1) is 0 Å². The Morgan fingerprint density at radius 3 is 3.04 bits per heavy atom. The van der Waals surface area contributed by atoms with E-state index in [-0.39, 0.29) is 5.91 Å². The van der Waals surface area contributed by atoms with Crippen molar-refractivity contribution in [3.63, 3.8) is 0 Å². The lowest BCUT2D eigenvalue weighted by atomic mass is 9.96. The van der Waals surface area contributed by atoms with E-state index in [9.17, 15) is 4.79 Å². The van der Waals surface area contributed by atoms with E-state index in [1.54, 1.807) is 14.0 Å². The van der Waals surface area contributed by atoms with Crippen LogP contribution >= 0.6 is 0 Å². The molecule has 1 aromatic heterocycles. The zero-order valence-electron chi connectivity index (χ0n) is 16.7. The van der Waals surface area contributed by atoms with E-state index in [1.807, 2.05) is 23.2 Å². The average molecular weight is 380 g/mol. The van der Waals surface area contributed by atoms with Gasteiger partial charge in [-0.05, 0) is 37.1 Å². The molecule has 2 aliphatic rings. The first-order valence-electron chi connectivity index (χ1n) is 10.1. The lowest BCUT2D eigenvalue weighted by Gasteiger charge is -2.33. The van der Waals surface area contributed by atoms with Gasteiger partial charge in [0, 0.05) is 57.2 Å². The lowest BCUT2D eigenvalue weighted by Crippen LogP contribution is -2.36. The average Bonchev–Trinajstić information content (AvgIpc) is 2.73. The first-order chi connectivity index (χ1) is 13.6. The van der Waals surface area contributed by atoms with Crippen LogP contribution in [0.1, 0.15) is 48.3 Å². The van der Waals surface area contributed by atoms with Gasteiger partial charge in [0.05, 0.1) is 12.8 Å². The Balaban J connectivity index is 1.44. The van der Waals surface area contributed by atoms with Gasteiger partial charge in [-0.25, -0.2) is 9.97 Å². The molecule has 0 radical (unpaired) electrons. The summed E-state index contributed by atoms with van der Waals surface area (Å²) in [7, 11) is 1.71. The van der Waals surface area contributed by atoms with Gasteiger partial charge in [0.1, 0.15) is 11.6 Å². The van der Waals surface area contributed by atoms with Crippen molar-refractivity contribution >= 4 is 5.91 Å². The Hall–Kier alpha value is -2.47. The number of carbonyl (C=O) groups excluding carboxylic acids is 1. The van der Waals surface area contributed by atoms with Crippen molar-refractivity contribution < 1.29 is 9.53 Å². The minimum atomic E-state index is 0.121. The van der Waals surface area contributed by atoms with Crippen molar-refractivity contribution in [1.29, 1.82) is 0 Å². The zero-order chi connectivity index (χ0) is 19.5.